The van der Waals surface area contributed by atoms with E-state index in [0.29, 0.717) is 13.0 Å². The minimum Gasteiger partial charge on any atom is -0.481 e. The van der Waals surface area contributed by atoms with Crippen molar-refractivity contribution in [2.24, 2.45) is 5.92 Å². The molecule has 2 N–H and O–H groups in total. The van der Waals surface area contributed by atoms with Crippen LogP contribution in [-0.2, 0) is 19.1 Å². The van der Waals surface area contributed by atoms with Gasteiger partial charge in [0.1, 0.15) is 6.61 Å². The van der Waals surface area contributed by atoms with E-state index in [-0.39, 0.29) is 56.1 Å². The van der Waals surface area contributed by atoms with Crippen LogP contribution in [-0.4, -0.2) is 66.4 Å². The number of nitrogens with zero attached hydrogens (tertiary/aromatic N) is 1. The number of amides is 2. The Morgan fingerprint density at radius 2 is 1.74 bits per heavy atom. The van der Waals surface area contributed by atoms with Gasteiger partial charge in [0.25, 0.3) is 0 Å². The lowest BCUT2D eigenvalue weighted by Gasteiger charge is -2.26. The van der Waals surface area contributed by atoms with Gasteiger partial charge in [-0.05, 0) is 41.5 Å². The number of carbonyl (C=O) groups excluding carboxylic acids is 2. The first kappa shape index (κ1) is 23.4. The van der Waals surface area contributed by atoms with E-state index in [9.17, 15) is 14.4 Å². The highest BCUT2D eigenvalue weighted by Crippen LogP contribution is 2.44. The molecule has 2 heterocycles. The van der Waals surface area contributed by atoms with E-state index < -0.39 is 12.1 Å². The number of nitrogens with one attached hydrogen (secondary N) is 1. The molecular formula is C27H30N2O6. The summed E-state index contributed by atoms with van der Waals surface area (Å²) in [5, 5.41) is 11.9. The molecule has 184 valence electrons. The second-order valence-corrected chi connectivity index (χ2v) is 9.52. The number of ether oxygens (including phenoxy) is 2. The molecule has 0 spiro atoms. The molecule has 0 bridgehead atoms. The Kier molecular flexibility index (Phi) is 6.72. The summed E-state index contributed by atoms with van der Waals surface area (Å²) in [6, 6.07) is 16.1. The van der Waals surface area contributed by atoms with E-state index in [4.69, 9.17) is 14.6 Å². The Morgan fingerprint density at radius 1 is 1.06 bits per heavy atom. The summed E-state index contributed by atoms with van der Waals surface area (Å²) >= 11 is 0. The fraction of sp³-hybridized carbons (Fsp3) is 0.444. The van der Waals surface area contributed by atoms with Crippen LogP contribution in [0.4, 0.5) is 4.79 Å². The molecular weight excluding hydrogens is 448 g/mol. The van der Waals surface area contributed by atoms with E-state index in [1.54, 1.807) is 4.90 Å². The highest BCUT2D eigenvalue weighted by molar-refractivity contribution is 5.81. The first-order valence-electron chi connectivity index (χ1n) is 12.2. The fourth-order valence-corrected chi connectivity index (χ4v) is 5.64. The van der Waals surface area contributed by atoms with Gasteiger partial charge in [0.2, 0.25) is 5.91 Å². The van der Waals surface area contributed by atoms with Gasteiger partial charge in [-0.3, -0.25) is 9.59 Å². The van der Waals surface area contributed by atoms with Gasteiger partial charge in [-0.15, -0.1) is 0 Å². The minimum atomic E-state index is -0.887. The van der Waals surface area contributed by atoms with Crippen LogP contribution < -0.4 is 5.32 Å². The molecule has 2 amide bonds. The molecule has 0 aromatic heterocycles. The number of fused-ring (bicyclic) bond motifs is 3. The maximum atomic E-state index is 12.9. The Labute approximate surface area is 204 Å². The molecule has 3 atom stereocenters. The van der Waals surface area contributed by atoms with Crippen LogP contribution in [0.3, 0.4) is 0 Å². The summed E-state index contributed by atoms with van der Waals surface area (Å²) in [7, 11) is 0. The average molecular weight is 479 g/mol. The van der Waals surface area contributed by atoms with Crippen molar-refractivity contribution < 1.29 is 29.0 Å². The Balaban J connectivity index is 1.10. The SMILES string of the molecule is O=C(O)C[C@H]1CCCN1C(=O)C1COC(CNC(=O)OCC2c3ccccc3-c3ccccc32)C1. The number of rotatable bonds is 7. The van der Waals surface area contributed by atoms with Crippen LogP contribution >= 0.6 is 0 Å². The maximum Gasteiger partial charge on any atom is 0.407 e. The molecule has 2 aliphatic heterocycles. The lowest BCUT2D eigenvalue weighted by molar-refractivity contribution is -0.141. The quantitative estimate of drug-likeness (QED) is 0.632. The van der Waals surface area contributed by atoms with E-state index in [0.717, 1.165) is 24.0 Å². The molecule has 2 aromatic carbocycles. The van der Waals surface area contributed by atoms with Gasteiger partial charge >= 0.3 is 12.1 Å². The van der Waals surface area contributed by atoms with E-state index in [2.05, 4.69) is 29.6 Å². The van der Waals surface area contributed by atoms with Gasteiger partial charge in [0.05, 0.1) is 25.0 Å². The average Bonchev–Trinajstić information content (AvgIpc) is 3.59. The highest BCUT2D eigenvalue weighted by atomic mass is 16.5. The molecule has 2 unspecified atom stereocenters. The number of hydrogen-bond donors (Lipinski definition) is 2. The number of carboxylic acid groups (broad SMARTS) is 1. The number of hydrogen-bond acceptors (Lipinski definition) is 5. The van der Waals surface area contributed by atoms with Crippen molar-refractivity contribution in [2.45, 2.75) is 43.7 Å². The van der Waals surface area contributed by atoms with E-state index >= 15 is 0 Å². The molecule has 8 heteroatoms. The van der Waals surface area contributed by atoms with Crippen LogP contribution in [0.15, 0.2) is 48.5 Å². The lowest BCUT2D eigenvalue weighted by Crippen LogP contribution is -2.41. The number of alkyl carbamates (subject to hydrolysis) is 1. The standard InChI is InChI=1S/C27H30N2O6/c30-25(31)13-18-6-5-11-29(18)26(32)17-12-19(34-15-17)14-28-27(33)35-16-24-22-9-3-1-7-20(22)21-8-2-4-10-23(21)24/h1-4,7-10,17-19,24H,5-6,11-16H2,(H,28,33)(H,30,31)/t17?,18-,19?/m1/s1. The van der Waals surface area contributed by atoms with Gasteiger partial charge in [0, 0.05) is 25.0 Å². The minimum absolute atomic E-state index is 0.00269. The summed E-state index contributed by atoms with van der Waals surface area (Å²) in [6.07, 6.45) is 1.24. The number of benzene rings is 2. The van der Waals surface area contributed by atoms with Crippen molar-refractivity contribution in [1.82, 2.24) is 10.2 Å². The van der Waals surface area contributed by atoms with Crippen LogP contribution in [0.2, 0.25) is 0 Å². The summed E-state index contributed by atoms with van der Waals surface area (Å²) in [4.78, 5) is 38.1. The molecule has 2 fully saturated rings. The first-order valence-corrected chi connectivity index (χ1v) is 12.2. The summed E-state index contributed by atoms with van der Waals surface area (Å²) in [5.41, 5.74) is 4.67. The number of carboxylic acids is 1. The normalized spacial score (nSPS) is 23.1. The summed E-state index contributed by atoms with van der Waals surface area (Å²) in [6.45, 7) is 1.38. The van der Waals surface area contributed by atoms with E-state index in [1.807, 2.05) is 24.3 Å². The third-order valence-electron chi connectivity index (χ3n) is 7.32. The predicted molar refractivity (Wildman–Crippen MR) is 128 cm³/mol. The van der Waals surface area contributed by atoms with Crippen LogP contribution in [0, 0.1) is 5.92 Å². The van der Waals surface area contributed by atoms with Crippen molar-refractivity contribution in [3.8, 4) is 11.1 Å². The van der Waals surface area contributed by atoms with Crippen molar-refractivity contribution >= 4 is 18.0 Å². The Morgan fingerprint density at radius 3 is 2.43 bits per heavy atom. The number of aliphatic carboxylic acids is 1. The van der Waals surface area contributed by atoms with Gasteiger partial charge in [0.15, 0.2) is 0 Å². The molecule has 1 aliphatic carbocycles. The molecule has 2 aromatic rings. The topological polar surface area (TPSA) is 105 Å². The zero-order chi connectivity index (χ0) is 24.4. The second kappa shape index (κ2) is 10.1. The van der Waals surface area contributed by atoms with Crippen molar-refractivity contribution in [1.29, 1.82) is 0 Å². The molecule has 0 saturated carbocycles. The van der Waals surface area contributed by atoms with E-state index in [1.165, 1.54) is 11.1 Å². The summed E-state index contributed by atoms with van der Waals surface area (Å²) in [5.74, 6) is -1.24. The molecule has 35 heavy (non-hydrogen) atoms. The zero-order valence-corrected chi connectivity index (χ0v) is 19.5. The fourth-order valence-electron chi connectivity index (χ4n) is 5.64. The van der Waals surface area contributed by atoms with Crippen LogP contribution in [0.25, 0.3) is 11.1 Å². The molecule has 3 aliphatic rings. The highest BCUT2D eigenvalue weighted by Gasteiger charge is 2.38. The maximum absolute atomic E-state index is 12.9. The van der Waals surface area contributed by atoms with Crippen LogP contribution in [0.1, 0.15) is 42.7 Å². The van der Waals surface area contributed by atoms with Crippen molar-refractivity contribution in [3.63, 3.8) is 0 Å². The van der Waals surface area contributed by atoms with Gasteiger partial charge in [-0.1, -0.05) is 48.5 Å². The summed E-state index contributed by atoms with van der Waals surface area (Å²) < 4.78 is 11.3. The van der Waals surface area contributed by atoms with Crippen molar-refractivity contribution in [3.05, 3.63) is 59.7 Å². The predicted octanol–water partition coefficient (Wildman–Crippen LogP) is 3.40. The lowest BCUT2D eigenvalue weighted by atomic mass is 9.98. The number of carbonyl (C=O) groups is 3. The Hall–Kier alpha value is -3.39. The number of likely N-dealkylation sites (tertiary alicyclic amines) is 1. The third kappa shape index (κ3) is 4.89. The largest absolute Gasteiger partial charge is 0.481 e. The first-order chi connectivity index (χ1) is 17.0. The molecule has 2 saturated heterocycles. The Bertz CT molecular complexity index is 1070. The third-order valence-corrected chi connectivity index (χ3v) is 7.32. The molecule has 5 rings (SSSR count). The second-order valence-electron chi connectivity index (χ2n) is 9.52. The van der Waals surface area contributed by atoms with Gasteiger partial charge < -0.3 is 24.8 Å². The monoisotopic (exact) mass is 478 g/mol. The molecule has 8 nitrogen and oxygen atoms in total. The van der Waals surface area contributed by atoms with Crippen molar-refractivity contribution in [2.75, 3.05) is 26.3 Å². The zero-order valence-electron chi connectivity index (χ0n) is 19.5. The molecule has 0 radical (unpaired) electrons. The van der Waals surface area contributed by atoms with Crippen LogP contribution in [0.5, 0.6) is 0 Å². The van der Waals surface area contributed by atoms with Gasteiger partial charge in [-0.25, -0.2) is 4.79 Å². The smallest absolute Gasteiger partial charge is 0.407 e. The van der Waals surface area contributed by atoms with Gasteiger partial charge in [-0.2, -0.15) is 0 Å².